The minimum absolute atomic E-state index is 0.121. The SMILES string of the molecule is Cc1c(C)c(C)c(C=O)c(O)c1C.O=Cc1cc(C(F)(F)F)ccc1O. The van der Waals surface area contributed by atoms with Crippen LogP contribution in [0.4, 0.5) is 13.2 Å². The van der Waals surface area contributed by atoms with Crippen molar-refractivity contribution in [2.24, 2.45) is 0 Å². The zero-order valence-electron chi connectivity index (χ0n) is 14.7. The number of hydrogen-bond acceptors (Lipinski definition) is 4. The molecule has 0 radical (unpaired) electrons. The van der Waals surface area contributed by atoms with Gasteiger partial charge in [0.2, 0.25) is 0 Å². The number of rotatable bonds is 2. The summed E-state index contributed by atoms with van der Waals surface area (Å²) in [6, 6.07) is 2.15. The summed E-state index contributed by atoms with van der Waals surface area (Å²) in [6.07, 6.45) is -3.61. The van der Waals surface area contributed by atoms with Gasteiger partial charge in [-0.05, 0) is 68.1 Å². The monoisotopic (exact) mass is 368 g/mol. The van der Waals surface area contributed by atoms with E-state index in [1.165, 1.54) is 0 Å². The number of phenols is 2. The van der Waals surface area contributed by atoms with Crippen molar-refractivity contribution in [2.75, 3.05) is 0 Å². The number of aromatic hydroxyl groups is 2. The van der Waals surface area contributed by atoms with Crippen LogP contribution in [0.25, 0.3) is 0 Å². The Morgan fingerprint density at radius 2 is 1.38 bits per heavy atom. The molecule has 2 N–H and O–H groups in total. The Morgan fingerprint density at radius 3 is 1.85 bits per heavy atom. The molecule has 2 aromatic rings. The lowest BCUT2D eigenvalue weighted by Gasteiger charge is -2.13. The number of halogens is 3. The maximum atomic E-state index is 12.0. The maximum absolute atomic E-state index is 12.0. The zero-order valence-corrected chi connectivity index (χ0v) is 14.7. The third-order valence-electron chi connectivity index (χ3n) is 4.30. The Hall–Kier alpha value is -2.83. The zero-order chi connectivity index (χ0) is 20.2. The fourth-order valence-corrected chi connectivity index (χ4v) is 2.29. The first-order valence-corrected chi connectivity index (χ1v) is 7.55. The van der Waals surface area contributed by atoms with Gasteiger partial charge in [0.15, 0.2) is 12.6 Å². The van der Waals surface area contributed by atoms with Crippen LogP contribution in [0, 0.1) is 27.7 Å². The van der Waals surface area contributed by atoms with E-state index in [-0.39, 0.29) is 17.6 Å². The van der Waals surface area contributed by atoms with Crippen molar-refractivity contribution in [3.8, 4) is 11.5 Å². The standard InChI is InChI=1S/C11H14O2.C8H5F3O2/c1-6-7(2)9(4)11(13)10(5-12)8(6)3;9-8(10,11)6-1-2-7(13)5(3-6)4-12/h5,13H,1-4H3;1-4,13H. The lowest BCUT2D eigenvalue weighted by atomic mass is 9.94. The van der Waals surface area contributed by atoms with E-state index in [1.807, 2.05) is 27.7 Å². The molecule has 0 amide bonds. The molecule has 7 heteroatoms. The van der Waals surface area contributed by atoms with Gasteiger partial charge in [0.1, 0.15) is 11.5 Å². The minimum atomic E-state index is -4.49. The number of benzene rings is 2. The molecule has 140 valence electrons. The predicted molar refractivity (Wildman–Crippen MR) is 90.9 cm³/mol. The van der Waals surface area contributed by atoms with Crippen LogP contribution in [0.3, 0.4) is 0 Å². The van der Waals surface area contributed by atoms with Crippen LogP contribution in [0.1, 0.15) is 48.5 Å². The second kappa shape index (κ2) is 8.03. The predicted octanol–water partition coefficient (Wildman–Crippen LogP) is 4.66. The summed E-state index contributed by atoms with van der Waals surface area (Å²) < 4.78 is 36.1. The molecule has 4 nitrogen and oxygen atoms in total. The quantitative estimate of drug-likeness (QED) is 0.756. The highest BCUT2D eigenvalue weighted by Gasteiger charge is 2.30. The van der Waals surface area contributed by atoms with Crippen molar-refractivity contribution < 1.29 is 33.0 Å². The van der Waals surface area contributed by atoms with Crippen molar-refractivity contribution in [3.05, 3.63) is 57.1 Å². The average Bonchev–Trinajstić information content (AvgIpc) is 2.59. The second-order valence-corrected chi connectivity index (χ2v) is 5.77. The third-order valence-corrected chi connectivity index (χ3v) is 4.30. The molecule has 0 bridgehead atoms. The summed E-state index contributed by atoms with van der Waals surface area (Å²) in [5, 5.41) is 18.6. The van der Waals surface area contributed by atoms with E-state index in [9.17, 15) is 27.9 Å². The van der Waals surface area contributed by atoms with E-state index < -0.39 is 17.5 Å². The first kappa shape index (κ1) is 21.2. The molecule has 0 aliphatic heterocycles. The number of alkyl halides is 3. The number of carbonyl (C=O) groups is 2. The minimum Gasteiger partial charge on any atom is -0.507 e. The Kier molecular flexibility index (Phi) is 6.55. The molecule has 0 aliphatic rings. The maximum Gasteiger partial charge on any atom is 0.416 e. The van der Waals surface area contributed by atoms with Gasteiger partial charge in [-0.2, -0.15) is 13.2 Å². The summed E-state index contributed by atoms with van der Waals surface area (Å²) in [5.41, 5.74) is 2.90. The van der Waals surface area contributed by atoms with Crippen molar-refractivity contribution in [1.29, 1.82) is 0 Å². The fraction of sp³-hybridized carbons (Fsp3) is 0.263. The molecule has 0 atom stereocenters. The van der Waals surface area contributed by atoms with Crippen LogP contribution < -0.4 is 0 Å². The Balaban J connectivity index is 0.000000260. The van der Waals surface area contributed by atoms with E-state index in [1.54, 1.807) is 0 Å². The van der Waals surface area contributed by atoms with Crippen LogP contribution in [0.5, 0.6) is 11.5 Å². The van der Waals surface area contributed by atoms with Gasteiger partial charge in [-0.3, -0.25) is 9.59 Å². The molecular formula is C19H19F3O4. The molecule has 0 unspecified atom stereocenters. The lowest BCUT2D eigenvalue weighted by molar-refractivity contribution is -0.137. The Labute approximate surface area is 148 Å². The van der Waals surface area contributed by atoms with E-state index >= 15 is 0 Å². The van der Waals surface area contributed by atoms with Crippen LogP contribution in [-0.4, -0.2) is 22.8 Å². The molecule has 0 spiro atoms. The van der Waals surface area contributed by atoms with E-state index in [4.69, 9.17) is 5.11 Å². The average molecular weight is 368 g/mol. The molecular weight excluding hydrogens is 349 g/mol. The van der Waals surface area contributed by atoms with Crippen LogP contribution in [0.2, 0.25) is 0 Å². The number of aldehydes is 2. The van der Waals surface area contributed by atoms with Gasteiger partial charge in [0, 0.05) is 0 Å². The first-order valence-electron chi connectivity index (χ1n) is 7.55. The van der Waals surface area contributed by atoms with Crippen molar-refractivity contribution in [1.82, 2.24) is 0 Å². The van der Waals surface area contributed by atoms with Crippen LogP contribution in [-0.2, 0) is 6.18 Å². The molecule has 0 aliphatic carbocycles. The van der Waals surface area contributed by atoms with Gasteiger partial charge in [0.05, 0.1) is 16.7 Å². The number of hydrogen-bond donors (Lipinski definition) is 2. The van der Waals surface area contributed by atoms with Crippen molar-refractivity contribution in [3.63, 3.8) is 0 Å². The highest BCUT2D eigenvalue weighted by atomic mass is 19.4. The van der Waals surface area contributed by atoms with Gasteiger partial charge < -0.3 is 10.2 Å². The smallest absolute Gasteiger partial charge is 0.416 e. The molecule has 0 heterocycles. The van der Waals surface area contributed by atoms with E-state index in [2.05, 4.69) is 0 Å². The van der Waals surface area contributed by atoms with Crippen molar-refractivity contribution >= 4 is 12.6 Å². The molecule has 2 aromatic carbocycles. The Bertz CT molecular complexity index is 811. The lowest BCUT2D eigenvalue weighted by Crippen LogP contribution is -2.05. The normalized spacial score (nSPS) is 10.7. The second-order valence-electron chi connectivity index (χ2n) is 5.77. The van der Waals surface area contributed by atoms with Gasteiger partial charge in [-0.1, -0.05) is 0 Å². The largest absolute Gasteiger partial charge is 0.507 e. The summed E-state index contributed by atoms with van der Waals surface area (Å²) >= 11 is 0. The fourth-order valence-electron chi connectivity index (χ4n) is 2.29. The summed E-state index contributed by atoms with van der Waals surface area (Å²) in [4.78, 5) is 20.9. The van der Waals surface area contributed by atoms with Crippen molar-refractivity contribution in [2.45, 2.75) is 33.9 Å². The summed E-state index contributed by atoms with van der Waals surface area (Å²) in [6.45, 7) is 7.59. The summed E-state index contributed by atoms with van der Waals surface area (Å²) in [7, 11) is 0. The van der Waals surface area contributed by atoms with E-state index in [0.29, 0.717) is 24.0 Å². The third kappa shape index (κ3) is 4.41. The molecule has 0 fully saturated rings. The molecule has 0 saturated carbocycles. The van der Waals surface area contributed by atoms with Gasteiger partial charge >= 0.3 is 6.18 Å². The topological polar surface area (TPSA) is 74.6 Å². The highest BCUT2D eigenvalue weighted by Crippen LogP contribution is 2.32. The first-order chi connectivity index (χ1) is 11.9. The molecule has 0 saturated heterocycles. The van der Waals surface area contributed by atoms with Gasteiger partial charge in [-0.25, -0.2) is 0 Å². The molecule has 0 aromatic heterocycles. The van der Waals surface area contributed by atoms with E-state index in [0.717, 1.165) is 28.3 Å². The number of carbonyl (C=O) groups excluding carboxylic acids is 2. The van der Waals surface area contributed by atoms with Gasteiger partial charge in [0.25, 0.3) is 0 Å². The van der Waals surface area contributed by atoms with Gasteiger partial charge in [-0.15, -0.1) is 0 Å². The Morgan fingerprint density at radius 1 is 0.846 bits per heavy atom. The highest BCUT2D eigenvalue weighted by molar-refractivity contribution is 5.83. The van der Waals surface area contributed by atoms with Crippen LogP contribution >= 0.6 is 0 Å². The van der Waals surface area contributed by atoms with Crippen LogP contribution in [0.15, 0.2) is 18.2 Å². The molecule has 2 rings (SSSR count). The number of phenolic OH excluding ortho intramolecular Hbond substituents is 2. The summed E-state index contributed by atoms with van der Waals surface area (Å²) in [5.74, 6) is -0.335. The molecule has 26 heavy (non-hydrogen) atoms.